The molecule has 1 N–H and O–H groups in total. The minimum absolute atomic E-state index is 0.774. The summed E-state index contributed by atoms with van der Waals surface area (Å²) in [5.74, 6) is 3.70. The predicted octanol–water partition coefficient (Wildman–Crippen LogP) is 3.35. The molecule has 0 aromatic rings. The van der Waals surface area contributed by atoms with E-state index in [9.17, 15) is 0 Å². The summed E-state index contributed by atoms with van der Waals surface area (Å²) in [4.78, 5) is 0. The van der Waals surface area contributed by atoms with Gasteiger partial charge in [0.1, 0.15) is 0 Å². The molecule has 0 heterocycles. The first kappa shape index (κ1) is 12.6. The highest BCUT2D eigenvalue weighted by Crippen LogP contribution is 2.27. The summed E-state index contributed by atoms with van der Waals surface area (Å²) in [6.45, 7) is 3.40. The highest BCUT2D eigenvalue weighted by Gasteiger charge is 2.19. The van der Waals surface area contributed by atoms with Gasteiger partial charge in [-0.15, -0.1) is 12.3 Å². The van der Waals surface area contributed by atoms with Crippen molar-refractivity contribution in [3.05, 3.63) is 0 Å². The third kappa shape index (κ3) is 5.23. The van der Waals surface area contributed by atoms with E-state index in [1.165, 1.54) is 38.5 Å². The van der Waals surface area contributed by atoms with Gasteiger partial charge in [0.25, 0.3) is 0 Å². The number of nitrogens with one attached hydrogen (secondary N) is 1. The summed E-state index contributed by atoms with van der Waals surface area (Å²) in [7, 11) is 0. The first-order chi connectivity index (χ1) is 7.36. The molecule has 0 aromatic carbocycles. The van der Waals surface area contributed by atoms with Gasteiger partial charge in [0, 0.05) is 12.5 Å². The third-order valence-corrected chi connectivity index (χ3v) is 3.47. The molecule has 1 fully saturated rings. The van der Waals surface area contributed by atoms with Crippen molar-refractivity contribution in [1.29, 1.82) is 0 Å². The van der Waals surface area contributed by atoms with E-state index in [0.717, 1.165) is 31.3 Å². The van der Waals surface area contributed by atoms with Gasteiger partial charge in [-0.2, -0.15) is 0 Å². The van der Waals surface area contributed by atoms with E-state index in [0.29, 0.717) is 0 Å². The lowest BCUT2D eigenvalue weighted by Crippen LogP contribution is -2.33. The Morgan fingerprint density at radius 3 is 2.60 bits per heavy atom. The summed E-state index contributed by atoms with van der Waals surface area (Å²) >= 11 is 0. The molecule has 1 aliphatic rings. The van der Waals surface area contributed by atoms with Crippen LogP contribution in [-0.4, -0.2) is 12.6 Å². The minimum Gasteiger partial charge on any atom is -0.314 e. The molecular weight excluding hydrogens is 182 g/mol. The fourth-order valence-corrected chi connectivity index (χ4v) is 2.56. The molecule has 1 rings (SSSR count). The zero-order chi connectivity index (χ0) is 10.9. The Morgan fingerprint density at radius 1 is 1.27 bits per heavy atom. The van der Waals surface area contributed by atoms with Gasteiger partial charge in [0.2, 0.25) is 0 Å². The summed E-state index contributed by atoms with van der Waals surface area (Å²) in [5.41, 5.74) is 0. The molecule has 86 valence electrons. The van der Waals surface area contributed by atoms with Crippen molar-refractivity contribution >= 4 is 0 Å². The molecule has 0 bridgehead atoms. The maximum Gasteiger partial charge on any atom is 0.00981 e. The van der Waals surface area contributed by atoms with Crippen LogP contribution in [0.25, 0.3) is 0 Å². The van der Waals surface area contributed by atoms with E-state index >= 15 is 0 Å². The van der Waals surface area contributed by atoms with Crippen LogP contribution in [0.1, 0.15) is 58.3 Å². The highest BCUT2D eigenvalue weighted by molar-refractivity contribution is 4.84. The van der Waals surface area contributed by atoms with E-state index in [1.807, 2.05) is 0 Å². The zero-order valence-electron chi connectivity index (χ0n) is 10.1. The van der Waals surface area contributed by atoms with Crippen LogP contribution in [0.4, 0.5) is 0 Å². The number of hydrogen-bond acceptors (Lipinski definition) is 1. The van der Waals surface area contributed by atoms with Crippen molar-refractivity contribution < 1.29 is 0 Å². The van der Waals surface area contributed by atoms with E-state index in [2.05, 4.69) is 18.2 Å². The minimum atomic E-state index is 0.774. The molecule has 0 aliphatic heterocycles. The van der Waals surface area contributed by atoms with Gasteiger partial charge in [-0.05, 0) is 44.6 Å². The van der Waals surface area contributed by atoms with Crippen LogP contribution >= 0.6 is 0 Å². The quantitative estimate of drug-likeness (QED) is 0.520. The Bertz CT molecular complexity index is 184. The van der Waals surface area contributed by atoms with Crippen molar-refractivity contribution in [3.8, 4) is 12.3 Å². The van der Waals surface area contributed by atoms with Crippen molar-refractivity contribution in [2.75, 3.05) is 6.54 Å². The van der Waals surface area contributed by atoms with Gasteiger partial charge in [0.15, 0.2) is 0 Å². The fourth-order valence-electron chi connectivity index (χ4n) is 2.56. The Labute approximate surface area is 95.0 Å². The molecule has 1 saturated carbocycles. The Morgan fingerprint density at radius 2 is 2.00 bits per heavy atom. The van der Waals surface area contributed by atoms with Crippen LogP contribution in [0.15, 0.2) is 0 Å². The van der Waals surface area contributed by atoms with Crippen molar-refractivity contribution in [2.45, 2.75) is 64.3 Å². The van der Waals surface area contributed by atoms with E-state index in [-0.39, 0.29) is 0 Å². The monoisotopic (exact) mass is 207 g/mol. The van der Waals surface area contributed by atoms with Gasteiger partial charge < -0.3 is 5.32 Å². The molecule has 0 amide bonds. The Hall–Kier alpha value is -0.480. The SMILES string of the molecule is C#CCCCNC1CCC(CCC)CC1. The first-order valence-electron chi connectivity index (χ1n) is 6.53. The van der Waals surface area contributed by atoms with E-state index in [1.54, 1.807) is 0 Å². The average molecular weight is 207 g/mol. The van der Waals surface area contributed by atoms with Crippen LogP contribution < -0.4 is 5.32 Å². The molecular formula is C14H25N. The van der Waals surface area contributed by atoms with Crippen LogP contribution in [0.2, 0.25) is 0 Å². The van der Waals surface area contributed by atoms with Crippen LogP contribution in [0, 0.1) is 18.3 Å². The lowest BCUT2D eigenvalue weighted by Gasteiger charge is -2.29. The predicted molar refractivity (Wildman–Crippen MR) is 66.7 cm³/mol. The number of terminal acetylenes is 1. The number of hydrogen-bond donors (Lipinski definition) is 1. The lowest BCUT2D eigenvalue weighted by atomic mass is 9.83. The summed E-state index contributed by atoms with van der Waals surface area (Å²) in [6, 6.07) is 0.774. The molecule has 0 aromatic heterocycles. The zero-order valence-corrected chi connectivity index (χ0v) is 10.1. The molecule has 1 aliphatic carbocycles. The molecule has 0 saturated heterocycles. The normalized spacial score (nSPS) is 26.1. The third-order valence-electron chi connectivity index (χ3n) is 3.47. The van der Waals surface area contributed by atoms with Crippen LogP contribution in [-0.2, 0) is 0 Å². The van der Waals surface area contributed by atoms with Crippen LogP contribution in [0.3, 0.4) is 0 Å². The number of rotatable bonds is 6. The second-order valence-corrected chi connectivity index (χ2v) is 4.77. The van der Waals surface area contributed by atoms with Crippen molar-refractivity contribution in [2.24, 2.45) is 5.92 Å². The highest BCUT2D eigenvalue weighted by atomic mass is 14.9. The van der Waals surface area contributed by atoms with Gasteiger partial charge >= 0.3 is 0 Å². The average Bonchev–Trinajstić information content (AvgIpc) is 2.27. The molecule has 0 unspecified atom stereocenters. The molecule has 0 spiro atoms. The van der Waals surface area contributed by atoms with Crippen LogP contribution in [0.5, 0.6) is 0 Å². The maximum absolute atomic E-state index is 5.22. The van der Waals surface area contributed by atoms with Gasteiger partial charge in [-0.25, -0.2) is 0 Å². The van der Waals surface area contributed by atoms with E-state index in [4.69, 9.17) is 6.42 Å². The Balaban J connectivity index is 2.02. The second-order valence-electron chi connectivity index (χ2n) is 4.77. The first-order valence-corrected chi connectivity index (χ1v) is 6.53. The number of unbranched alkanes of at least 4 members (excludes halogenated alkanes) is 1. The lowest BCUT2D eigenvalue weighted by molar-refractivity contribution is 0.278. The van der Waals surface area contributed by atoms with E-state index < -0.39 is 0 Å². The molecule has 0 atom stereocenters. The standard InChI is InChI=1S/C14H25N/c1-3-5-6-12-15-14-10-8-13(7-4-2)9-11-14/h1,13-15H,4-12H2,2H3. The maximum atomic E-state index is 5.22. The largest absolute Gasteiger partial charge is 0.314 e. The van der Waals surface area contributed by atoms with Gasteiger partial charge in [0.05, 0.1) is 0 Å². The van der Waals surface area contributed by atoms with Crippen molar-refractivity contribution in [1.82, 2.24) is 5.32 Å². The van der Waals surface area contributed by atoms with Gasteiger partial charge in [-0.1, -0.05) is 19.8 Å². The Kier molecular flexibility index (Phi) is 6.52. The second kappa shape index (κ2) is 7.77. The molecule has 1 nitrogen and oxygen atoms in total. The fraction of sp³-hybridized carbons (Fsp3) is 0.857. The molecule has 1 heteroatoms. The van der Waals surface area contributed by atoms with Gasteiger partial charge in [-0.3, -0.25) is 0 Å². The van der Waals surface area contributed by atoms with Crippen molar-refractivity contribution in [3.63, 3.8) is 0 Å². The summed E-state index contributed by atoms with van der Waals surface area (Å²) in [5, 5.41) is 3.62. The molecule has 0 radical (unpaired) electrons. The topological polar surface area (TPSA) is 12.0 Å². The summed E-state index contributed by atoms with van der Waals surface area (Å²) < 4.78 is 0. The summed E-state index contributed by atoms with van der Waals surface area (Å²) in [6.07, 6.45) is 15.7. The smallest absolute Gasteiger partial charge is 0.00981 e. The molecule has 15 heavy (non-hydrogen) atoms.